The van der Waals surface area contributed by atoms with Crippen LogP contribution in [0.3, 0.4) is 0 Å². The van der Waals surface area contributed by atoms with Gasteiger partial charge in [-0.1, -0.05) is 178 Å². The number of hydrogen-bond acceptors (Lipinski definition) is 2. The van der Waals surface area contributed by atoms with Gasteiger partial charge in [-0.25, -0.2) is 0 Å². The van der Waals surface area contributed by atoms with Gasteiger partial charge >= 0.3 is 0 Å². The molecule has 0 saturated heterocycles. The Hall–Kier alpha value is -7.16. The van der Waals surface area contributed by atoms with Crippen LogP contribution in [-0.4, -0.2) is 6.54 Å². The van der Waals surface area contributed by atoms with E-state index in [1.165, 1.54) is 118 Å². The molecule has 0 bridgehead atoms. The second kappa shape index (κ2) is 14.0. The third kappa shape index (κ3) is 5.70. The van der Waals surface area contributed by atoms with Crippen LogP contribution in [0.1, 0.15) is 59.2 Å². The second-order valence-electron chi connectivity index (χ2n) is 17.6. The zero-order chi connectivity index (χ0) is 40.7. The molecule has 292 valence electrons. The Morgan fingerprint density at radius 3 is 1.67 bits per heavy atom. The molecule has 2 heterocycles. The van der Waals surface area contributed by atoms with Crippen molar-refractivity contribution in [1.82, 2.24) is 0 Å². The topological polar surface area (TPSA) is 6.48 Å². The van der Waals surface area contributed by atoms with Crippen LogP contribution < -0.4 is 9.80 Å². The average Bonchev–Trinajstić information content (AvgIpc) is 3.54. The molecule has 9 aromatic carbocycles. The summed E-state index contributed by atoms with van der Waals surface area (Å²) in [5, 5.41) is 5.02. The maximum absolute atomic E-state index is 2.52. The second-order valence-corrected chi connectivity index (χ2v) is 17.6. The Bertz CT molecular complexity index is 3140. The third-order valence-corrected chi connectivity index (χ3v) is 13.7. The lowest BCUT2D eigenvalue weighted by atomic mass is 9.81. The van der Waals surface area contributed by atoms with Crippen molar-refractivity contribution in [2.24, 2.45) is 0 Å². The van der Waals surface area contributed by atoms with E-state index in [9.17, 15) is 0 Å². The van der Waals surface area contributed by atoms with Crippen molar-refractivity contribution < 1.29 is 0 Å². The normalized spacial score (nSPS) is 14.8. The molecule has 0 aromatic heterocycles. The van der Waals surface area contributed by atoms with E-state index in [0.717, 1.165) is 19.4 Å². The van der Waals surface area contributed by atoms with E-state index in [-0.39, 0.29) is 5.41 Å². The molecule has 0 unspecified atom stereocenters. The van der Waals surface area contributed by atoms with Crippen molar-refractivity contribution in [3.63, 3.8) is 0 Å². The van der Waals surface area contributed by atoms with E-state index < -0.39 is 0 Å². The molecule has 0 radical (unpaired) electrons. The van der Waals surface area contributed by atoms with Gasteiger partial charge in [-0.15, -0.1) is 0 Å². The molecule has 12 rings (SSSR count). The molecule has 0 fully saturated rings. The van der Waals surface area contributed by atoms with Crippen LogP contribution in [-0.2, 0) is 18.3 Å². The van der Waals surface area contributed by atoms with Crippen LogP contribution in [0.25, 0.3) is 56.0 Å². The molecule has 2 nitrogen and oxygen atoms in total. The van der Waals surface area contributed by atoms with E-state index in [2.05, 4.69) is 218 Å². The van der Waals surface area contributed by atoms with Crippen molar-refractivity contribution in [2.45, 2.75) is 38.5 Å². The van der Waals surface area contributed by atoms with Crippen LogP contribution in [0.2, 0.25) is 0 Å². The van der Waals surface area contributed by atoms with Gasteiger partial charge in [0.2, 0.25) is 0 Å². The number of para-hydroxylation sites is 3. The summed E-state index contributed by atoms with van der Waals surface area (Å²) in [7, 11) is 0. The van der Waals surface area contributed by atoms with E-state index >= 15 is 0 Å². The first-order valence-electron chi connectivity index (χ1n) is 21.8. The molecular weight excluding hydrogens is 737 g/mol. The highest BCUT2D eigenvalue weighted by molar-refractivity contribution is 6.22. The van der Waals surface area contributed by atoms with E-state index in [1.54, 1.807) is 0 Å². The first-order chi connectivity index (χ1) is 30.0. The standard InChI is InChI=1S/C59H46N2/c1-59(2)52-36-40(29-33-46(52)47-34-32-45(38-53(47)59)60-35-13-17-41-14-3-10-22-54(41)60)26-25-39-27-30-42(31-28-39)57-48-18-6-8-20-50(48)58(51-21-9-7-19-49(51)57)61-55-23-11-4-15-43(55)37-44-16-5-12-24-56(44)61/h3-12,14-16,18-34,36,38H,13,17,35,37H2,1-2H3/b26-25+. The van der Waals surface area contributed by atoms with Gasteiger partial charge in [-0.3, -0.25) is 0 Å². The van der Waals surface area contributed by atoms with E-state index in [1.807, 2.05) is 0 Å². The SMILES string of the molecule is CC1(C)c2cc(/C=C/c3ccc(-c4c5ccccc5c(N5c6ccccc6Cc6ccccc65)c5ccccc45)cc3)ccc2-c2ccc(N3CCCc4ccccc43)cc21. The van der Waals surface area contributed by atoms with Crippen molar-refractivity contribution in [3.8, 4) is 22.3 Å². The van der Waals surface area contributed by atoms with E-state index in [4.69, 9.17) is 0 Å². The molecule has 0 N–H and O–H groups in total. The number of anilines is 5. The molecule has 0 atom stereocenters. The molecule has 1 aliphatic carbocycles. The molecule has 3 aliphatic rings. The number of nitrogens with zero attached hydrogens (tertiary/aromatic N) is 2. The minimum atomic E-state index is -0.0939. The Labute approximate surface area is 358 Å². The number of rotatable bonds is 5. The Kier molecular flexibility index (Phi) is 8.19. The van der Waals surface area contributed by atoms with Gasteiger partial charge in [0, 0.05) is 51.9 Å². The first-order valence-corrected chi connectivity index (χ1v) is 21.8. The molecule has 2 heteroatoms. The largest absolute Gasteiger partial charge is 0.341 e. The average molecular weight is 783 g/mol. The summed E-state index contributed by atoms with van der Waals surface area (Å²) in [6.45, 7) is 5.84. The minimum Gasteiger partial charge on any atom is -0.341 e. The summed E-state index contributed by atoms with van der Waals surface area (Å²) in [6, 6.07) is 68.0. The zero-order valence-corrected chi connectivity index (χ0v) is 34.7. The molecule has 61 heavy (non-hydrogen) atoms. The van der Waals surface area contributed by atoms with Gasteiger partial charge in [0.1, 0.15) is 0 Å². The van der Waals surface area contributed by atoms with Crippen molar-refractivity contribution in [3.05, 3.63) is 221 Å². The monoisotopic (exact) mass is 782 g/mol. The molecular formula is C59H46N2. The van der Waals surface area contributed by atoms with Crippen LogP contribution >= 0.6 is 0 Å². The van der Waals surface area contributed by atoms with Crippen molar-refractivity contribution in [1.29, 1.82) is 0 Å². The lowest BCUT2D eigenvalue weighted by Crippen LogP contribution is -2.25. The number of benzene rings is 9. The van der Waals surface area contributed by atoms with Gasteiger partial charge < -0.3 is 9.80 Å². The predicted molar refractivity (Wildman–Crippen MR) is 259 cm³/mol. The number of aryl methyl sites for hydroxylation is 1. The summed E-state index contributed by atoms with van der Waals surface area (Å²) in [4.78, 5) is 5.03. The quantitative estimate of drug-likeness (QED) is 0.127. The molecule has 2 aliphatic heterocycles. The Morgan fingerprint density at radius 1 is 0.475 bits per heavy atom. The van der Waals surface area contributed by atoms with Crippen LogP contribution in [0.4, 0.5) is 28.4 Å². The lowest BCUT2D eigenvalue weighted by Gasteiger charge is -2.35. The summed E-state index contributed by atoms with van der Waals surface area (Å²) in [6.07, 6.45) is 7.81. The molecule has 0 amide bonds. The smallest absolute Gasteiger partial charge is 0.0619 e. The number of hydrogen-bond donors (Lipinski definition) is 0. The highest BCUT2D eigenvalue weighted by Gasteiger charge is 2.36. The minimum absolute atomic E-state index is 0.0939. The maximum atomic E-state index is 2.52. The third-order valence-electron chi connectivity index (χ3n) is 13.7. The fraction of sp³-hybridized carbons (Fsp3) is 0.119. The molecule has 9 aromatic rings. The Morgan fingerprint density at radius 2 is 1.00 bits per heavy atom. The molecule has 0 saturated carbocycles. The summed E-state index contributed by atoms with van der Waals surface area (Å²) >= 11 is 0. The Balaban J connectivity index is 0.880. The lowest BCUT2D eigenvalue weighted by molar-refractivity contribution is 0.659. The maximum Gasteiger partial charge on any atom is 0.0619 e. The number of fused-ring (bicyclic) bond motifs is 8. The van der Waals surface area contributed by atoms with Crippen LogP contribution in [0.5, 0.6) is 0 Å². The predicted octanol–water partition coefficient (Wildman–Crippen LogP) is 15.6. The zero-order valence-electron chi connectivity index (χ0n) is 34.7. The van der Waals surface area contributed by atoms with Gasteiger partial charge in [-0.05, 0) is 115 Å². The van der Waals surface area contributed by atoms with Crippen molar-refractivity contribution in [2.75, 3.05) is 16.3 Å². The van der Waals surface area contributed by atoms with Gasteiger partial charge in [0.15, 0.2) is 0 Å². The highest BCUT2D eigenvalue weighted by atomic mass is 15.2. The summed E-state index contributed by atoms with van der Waals surface area (Å²) < 4.78 is 0. The fourth-order valence-electron chi connectivity index (χ4n) is 10.8. The van der Waals surface area contributed by atoms with E-state index in [0.29, 0.717) is 0 Å². The molecule has 0 spiro atoms. The van der Waals surface area contributed by atoms with Gasteiger partial charge in [0.05, 0.1) is 5.69 Å². The van der Waals surface area contributed by atoms with Gasteiger partial charge in [-0.2, -0.15) is 0 Å². The fourth-order valence-corrected chi connectivity index (χ4v) is 10.8. The summed E-state index contributed by atoms with van der Waals surface area (Å²) in [5.74, 6) is 0. The highest BCUT2D eigenvalue weighted by Crippen LogP contribution is 2.53. The summed E-state index contributed by atoms with van der Waals surface area (Å²) in [5.41, 5.74) is 20.9. The first kappa shape index (κ1) is 35.8. The van der Waals surface area contributed by atoms with Gasteiger partial charge in [0.25, 0.3) is 0 Å². The van der Waals surface area contributed by atoms with Crippen LogP contribution in [0.15, 0.2) is 182 Å². The van der Waals surface area contributed by atoms with Crippen LogP contribution in [0, 0.1) is 0 Å². The van der Waals surface area contributed by atoms with Crippen molar-refractivity contribution >= 4 is 62.1 Å².